The molecule has 4 aromatic rings. The summed E-state index contributed by atoms with van der Waals surface area (Å²) in [6, 6.07) is 10.1. The number of aliphatic hydroxyl groups is 1. The number of carbonyl (C=O) groups is 1. The quantitative estimate of drug-likeness (QED) is 0.407. The molecule has 2 aliphatic rings. The number of aliphatic hydroxyl groups excluding tert-OH is 1. The van der Waals surface area contributed by atoms with Crippen molar-refractivity contribution in [3.05, 3.63) is 69.6 Å². The maximum absolute atomic E-state index is 13.6. The first-order valence-electron chi connectivity index (χ1n) is 12.0. The number of ketones is 1. The highest BCUT2D eigenvalue weighted by Gasteiger charge is 2.32. The van der Waals surface area contributed by atoms with Gasteiger partial charge in [0.15, 0.2) is 0 Å². The number of anilines is 1. The number of nitrogens with one attached hydrogen (secondary N) is 1. The largest absolute Gasteiger partial charge is 0.393 e. The monoisotopic (exact) mass is 489 g/mol. The van der Waals surface area contributed by atoms with Gasteiger partial charge in [-0.1, -0.05) is 19.1 Å². The lowest BCUT2D eigenvalue weighted by Crippen LogP contribution is -2.23. The van der Waals surface area contributed by atoms with Crippen LogP contribution in [-0.2, 0) is 11.3 Å². The SMILES string of the molecule is Cc1sc(C(=O)c2cncnc2N[C@@H]2C[C@@H](C)[C@@H](O)C2)cc1[C@@H]1OCCn2c1nc1ccccc12. The summed E-state index contributed by atoms with van der Waals surface area (Å²) in [6.07, 6.45) is 3.83. The number of hydrogen-bond donors (Lipinski definition) is 2. The molecule has 0 radical (unpaired) electrons. The smallest absolute Gasteiger partial charge is 0.208 e. The van der Waals surface area contributed by atoms with E-state index >= 15 is 0 Å². The van der Waals surface area contributed by atoms with Crippen molar-refractivity contribution in [2.75, 3.05) is 11.9 Å². The number of nitrogens with zero attached hydrogens (tertiary/aromatic N) is 4. The minimum Gasteiger partial charge on any atom is -0.393 e. The molecule has 0 unspecified atom stereocenters. The Hall–Kier alpha value is -3.14. The molecule has 9 heteroatoms. The van der Waals surface area contributed by atoms with Crippen molar-refractivity contribution in [3.63, 3.8) is 0 Å². The van der Waals surface area contributed by atoms with Gasteiger partial charge in [-0.25, -0.2) is 15.0 Å². The lowest BCUT2D eigenvalue weighted by molar-refractivity contribution is 0.0441. The van der Waals surface area contributed by atoms with Crippen LogP contribution in [0.25, 0.3) is 11.0 Å². The van der Waals surface area contributed by atoms with Crippen LogP contribution in [0.5, 0.6) is 0 Å². The van der Waals surface area contributed by atoms with Crippen LogP contribution in [0.2, 0.25) is 0 Å². The van der Waals surface area contributed by atoms with Crippen molar-refractivity contribution in [1.82, 2.24) is 19.5 Å². The van der Waals surface area contributed by atoms with E-state index < -0.39 is 0 Å². The molecule has 0 bridgehead atoms. The van der Waals surface area contributed by atoms with Crippen molar-refractivity contribution < 1.29 is 14.6 Å². The Morgan fingerprint density at radius 3 is 2.97 bits per heavy atom. The van der Waals surface area contributed by atoms with Crippen molar-refractivity contribution in [3.8, 4) is 0 Å². The summed E-state index contributed by atoms with van der Waals surface area (Å²) in [5.74, 6) is 1.48. The second-order valence-corrected chi connectivity index (χ2v) is 10.7. The highest BCUT2D eigenvalue weighted by molar-refractivity contribution is 7.14. The topological polar surface area (TPSA) is 102 Å². The maximum Gasteiger partial charge on any atom is 0.208 e. The summed E-state index contributed by atoms with van der Waals surface area (Å²) in [4.78, 5) is 28.6. The third-order valence-corrected chi connectivity index (χ3v) is 8.18. The molecule has 1 saturated carbocycles. The fraction of sp³-hybridized carbons (Fsp3) is 0.385. The van der Waals surface area contributed by atoms with Crippen molar-refractivity contribution in [2.45, 2.75) is 51.5 Å². The number of benzene rings is 1. The summed E-state index contributed by atoms with van der Waals surface area (Å²) in [5.41, 5.74) is 3.45. The molecule has 4 atom stereocenters. The Morgan fingerprint density at radius 1 is 1.29 bits per heavy atom. The molecule has 180 valence electrons. The van der Waals surface area contributed by atoms with Gasteiger partial charge in [-0.05, 0) is 43.9 Å². The van der Waals surface area contributed by atoms with Gasteiger partial charge in [-0.15, -0.1) is 11.3 Å². The zero-order valence-electron chi connectivity index (χ0n) is 19.6. The predicted octanol–water partition coefficient (Wildman–Crippen LogP) is 4.12. The molecular weight excluding hydrogens is 462 g/mol. The number of hydrogen-bond acceptors (Lipinski definition) is 8. The van der Waals surface area contributed by atoms with Crippen LogP contribution in [0.15, 0.2) is 42.9 Å². The number of carbonyl (C=O) groups excluding carboxylic acids is 1. The Morgan fingerprint density at radius 2 is 2.14 bits per heavy atom. The number of imidazole rings is 1. The average Bonchev–Trinajstić information content (AvgIpc) is 3.53. The van der Waals surface area contributed by atoms with Gasteiger partial charge in [0.1, 0.15) is 24.1 Å². The summed E-state index contributed by atoms with van der Waals surface area (Å²) in [7, 11) is 0. The summed E-state index contributed by atoms with van der Waals surface area (Å²) < 4.78 is 8.40. The summed E-state index contributed by atoms with van der Waals surface area (Å²) >= 11 is 1.45. The Bertz CT molecular complexity index is 1400. The van der Waals surface area contributed by atoms with Gasteiger partial charge < -0.3 is 19.7 Å². The molecule has 3 aromatic heterocycles. The van der Waals surface area contributed by atoms with Gasteiger partial charge >= 0.3 is 0 Å². The van der Waals surface area contributed by atoms with Crippen LogP contribution in [0.1, 0.15) is 57.4 Å². The molecule has 6 rings (SSSR count). The van der Waals surface area contributed by atoms with Crippen LogP contribution < -0.4 is 5.32 Å². The van der Waals surface area contributed by atoms with E-state index in [0.29, 0.717) is 29.3 Å². The van der Waals surface area contributed by atoms with E-state index in [0.717, 1.165) is 40.3 Å². The highest BCUT2D eigenvalue weighted by Crippen LogP contribution is 2.38. The minimum atomic E-state index is -0.337. The molecule has 1 aromatic carbocycles. The van der Waals surface area contributed by atoms with E-state index in [9.17, 15) is 9.90 Å². The van der Waals surface area contributed by atoms with Crippen LogP contribution in [0.3, 0.4) is 0 Å². The van der Waals surface area contributed by atoms with Crippen LogP contribution in [-0.4, -0.2) is 49.2 Å². The molecule has 1 aliphatic carbocycles. The molecule has 4 heterocycles. The summed E-state index contributed by atoms with van der Waals surface area (Å²) in [5, 5.41) is 13.5. The van der Waals surface area contributed by atoms with Crippen molar-refractivity contribution in [2.24, 2.45) is 5.92 Å². The number of aromatic nitrogens is 4. The Balaban J connectivity index is 1.31. The third-order valence-electron chi connectivity index (χ3n) is 7.12. The maximum atomic E-state index is 13.6. The van der Waals surface area contributed by atoms with E-state index in [2.05, 4.69) is 25.9 Å². The predicted molar refractivity (Wildman–Crippen MR) is 134 cm³/mol. The number of para-hydroxylation sites is 2. The first-order valence-corrected chi connectivity index (χ1v) is 12.8. The second kappa shape index (κ2) is 8.82. The second-order valence-electron chi connectivity index (χ2n) is 9.45. The molecule has 1 fully saturated rings. The van der Waals surface area contributed by atoms with Crippen LogP contribution in [0, 0.1) is 12.8 Å². The molecule has 35 heavy (non-hydrogen) atoms. The molecule has 8 nitrogen and oxygen atoms in total. The molecule has 0 amide bonds. The number of aryl methyl sites for hydroxylation is 1. The van der Waals surface area contributed by atoms with Gasteiger partial charge in [0.25, 0.3) is 0 Å². The van der Waals surface area contributed by atoms with Crippen molar-refractivity contribution >= 4 is 34.0 Å². The first kappa shape index (κ1) is 22.3. The number of fused-ring (bicyclic) bond motifs is 3. The van der Waals surface area contributed by atoms with Gasteiger partial charge in [0.05, 0.1) is 34.2 Å². The number of ether oxygens (including phenoxy) is 1. The van der Waals surface area contributed by atoms with Gasteiger partial charge in [-0.2, -0.15) is 0 Å². The van der Waals surface area contributed by atoms with Crippen LogP contribution in [0.4, 0.5) is 5.82 Å². The Kier molecular flexibility index (Phi) is 5.63. The molecular formula is C26H27N5O3S. The van der Waals surface area contributed by atoms with Gasteiger partial charge in [-0.3, -0.25) is 4.79 Å². The Labute approximate surface area is 207 Å². The zero-order chi connectivity index (χ0) is 24.1. The lowest BCUT2D eigenvalue weighted by atomic mass is 10.1. The molecule has 0 saturated heterocycles. The fourth-order valence-electron chi connectivity index (χ4n) is 5.24. The number of thiophene rings is 1. The van der Waals surface area contributed by atoms with Crippen molar-refractivity contribution in [1.29, 1.82) is 0 Å². The highest BCUT2D eigenvalue weighted by atomic mass is 32.1. The molecule has 2 N–H and O–H groups in total. The van der Waals surface area contributed by atoms with E-state index in [1.54, 1.807) is 6.20 Å². The molecule has 1 aliphatic heterocycles. The van der Waals surface area contributed by atoms with E-state index in [4.69, 9.17) is 9.72 Å². The molecule has 0 spiro atoms. The lowest BCUT2D eigenvalue weighted by Gasteiger charge is -2.24. The normalized spacial score (nSPS) is 24.0. The van der Waals surface area contributed by atoms with E-state index in [-0.39, 0.29) is 30.0 Å². The van der Waals surface area contributed by atoms with Crippen LogP contribution >= 0.6 is 11.3 Å². The minimum absolute atomic E-state index is 0.0747. The van der Waals surface area contributed by atoms with Gasteiger partial charge in [0.2, 0.25) is 5.78 Å². The summed E-state index contributed by atoms with van der Waals surface area (Å²) in [6.45, 7) is 5.40. The van der Waals surface area contributed by atoms with E-state index in [1.165, 1.54) is 17.7 Å². The average molecular weight is 490 g/mol. The van der Waals surface area contributed by atoms with Gasteiger partial charge in [0, 0.05) is 29.2 Å². The fourth-order valence-corrected chi connectivity index (χ4v) is 6.25. The number of rotatable bonds is 5. The third kappa shape index (κ3) is 3.93. The van der Waals surface area contributed by atoms with E-state index in [1.807, 2.05) is 38.1 Å². The standard InChI is InChI=1S/C26H27N5O3S/c1-14-9-16(10-21(14)32)29-25-18(12-27-13-28-25)23(33)22-11-17(15(2)35-22)24-26-30-19-5-3-4-6-20(19)31(26)7-8-34-24/h3-6,11-14,16,21,24,32H,7-10H2,1-2H3,(H,27,28,29)/t14-,16-,21+,24+/m1/s1. The zero-order valence-corrected chi connectivity index (χ0v) is 20.5. The first-order chi connectivity index (χ1) is 17.0.